The van der Waals surface area contributed by atoms with Crippen LogP contribution in [0.1, 0.15) is 40.5 Å². The zero-order valence-corrected chi connectivity index (χ0v) is 11.8. The van der Waals surface area contributed by atoms with Gasteiger partial charge in [-0.1, -0.05) is 0 Å². The first-order valence-corrected chi connectivity index (χ1v) is 6.87. The van der Waals surface area contributed by atoms with Crippen molar-refractivity contribution in [3.05, 3.63) is 39.5 Å². The number of furan rings is 1. The molecule has 0 aliphatic carbocycles. The first kappa shape index (κ1) is 13.6. The fourth-order valence-corrected chi connectivity index (χ4v) is 2.62. The number of hydrogen-bond acceptors (Lipinski definition) is 5. The van der Waals surface area contributed by atoms with Crippen molar-refractivity contribution < 1.29 is 9.21 Å². The molecule has 0 radical (unpaired) electrons. The highest BCUT2D eigenvalue weighted by Gasteiger charge is 2.19. The van der Waals surface area contributed by atoms with Crippen LogP contribution < -0.4 is 17.0 Å². The molecule has 8 nitrogen and oxygen atoms in total. The fraction of sp³-hybridized carbons (Fsp3) is 0.462. The summed E-state index contributed by atoms with van der Waals surface area (Å²) in [6.45, 7) is 2.60. The van der Waals surface area contributed by atoms with Crippen LogP contribution in [0.25, 0.3) is 0 Å². The minimum absolute atomic E-state index is 0.136. The Kier molecular flexibility index (Phi) is 3.38. The molecule has 3 rings (SSSR count). The van der Waals surface area contributed by atoms with E-state index in [2.05, 4.69) is 10.5 Å². The second-order valence-corrected chi connectivity index (χ2v) is 5.12. The summed E-state index contributed by atoms with van der Waals surface area (Å²) in [5.74, 6) is 6.48. The zero-order valence-electron chi connectivity index (χ0n) is 11.8. The summed E-state index contributed by atoms with van der Waals surface area (Å²) in [7, 11) is 0. The lowest BCUT2D eigenvalue weighted by atomic mass is 10.2. The number of carbonyl (C=O) groups excluding carboxylic acids is 1. The van der Waals surface area contributed by atoms with Gasteiger partial charge >= 0.3 is 5.69 Å². The SMILES string of the molecule is Cc1oc(Cn2nc3n(c2=O)CCCC3)cc1C(=O)NN. The number of hydrazine groups is 1. The molecule has 1 aliphatic rings. The first-order valence-electron chi connectivity index (χ1n) is 6.87. The maximum atomic E-state index is 12.2. The monoisotopic (exact) mass is 291 g/mol. The van der Waals surface area contributed by atoms with Gasteiger partial charge in [-0.2, -0.15) is 5.10 Å². The first-order chi connectivity index (χ1) is 10.1. The Hall–Kier alpha value is -2.35. The van der Waals surface area contributed by atoms with Gasteiger partial charge in [-0.05, 0) is 25.8 Å². The number of aromatic nitrogens is 3. The molecule has 2 aromatic rings. The van der Waals surface area contributed by atoms with E-state index in [4.69, 9.17) is 10.3 Å². The van der Waals surface area contributed by atoms with Crippen molar-refractivity contribution in [1.82, 2.24) is 19.8 Å². The van der Waals surface area contributed by atoms with Crippen molar-refractivity contribution in [2.24, 2.45) is 5.84 Å². The van der Waals surface area contributed by atoms with E-state index >= 15 is 0 Å². The Morgan fingerprint density at radius 1 is 1.52 bits per heavy atom. The molecule has 0 aromatic carbocycles. The summed E-state index contributed by atoms with van der Waals surface area (Å²) >= 11 is 0. The lowest BCUT2D eigenvalue weighted by Crippen LogP contribution is -2.30. The molecule has 8 heteroatoms. The van der Waals surface area contributed by atoms with Gasteiger partial charge in [0.25, 0.3) is 5.91 Å². The van der Waals surface area contributed by atoms with Gasteiger partial charge in [0.15, 0.2) is 0 Å². The molecule has 3 N–H and O–H groups in total. The van der Waals surface area contributed by atoms with E-state index in [-0.39, 0.29) is 12.2 Å². The van der Waals surface area contributed by atoms with E-state index in [1.165, 1.54) is 4.68 Å². The number of nitrogens with one attached hydrogen (secondary N) is 1. The molecule has 112 valence electrons. The molecule has 0 unspecified atom stereocenters. The number of nitrogens with zero attached hydrogens (tertiary/aromatic N) is 3. The number of amides is 1. The van der Waals surface area contributed by atoms with Crippen LogP contribution in [0, 0.1) is 6.92 Å². The number of fused-ring (bicyclic) bond motifs is 1. The molecule has 0 saturated heterocycles. The maximum absolute atomic E-state index is 12.2. The Morgan fingerprint density at radius 2 is 2.33 bits per heavy atom. The largest absolute Gasteiger partial charge is 0.464 e. The van der Waals surface area contributed by atoms with Gasteiger partial charge in [-0.3, -0.25) is 14.8 Å². The van der Waals surface area contributed by atoms with Crippen LogP contribution >= 0.6 is 0 Å². The van der Waals surface area contributed by atoms with Gasteiger partial charge < -0.3 is 4.42 Å². The van der Waals surface area contributed by atoms with E-state index in [0.717, 1.165) is 25.1 Å². The number of nitrogen functional groups attached to an aromatic ring is 1. The van der Waals surface area contributed by atoms with Crippen LogP contribution in [0.2, 0.25) is 0 Å². The fourth-order valence-electron chi connectivity index (χ4n) is 2.62. The molecular formula is C13H17N5O3. The number of carbonyl (C=O) groups is 1. The molecule has 0 saturated carbocycles. The molecule has 3 heterocycles. The van der Waals surface area contributed by atoms with Crippen molar-refractivity contribution in [2.45, 2.75) is 39.3 Å². The topological polar surface area (TPSA) is 108 Å². The Morgan fingerprint density at radius 3 is 3.05 bits per heavy atom. The minimum atomic E-state index is -0.418. The average Bonchev–Trinajstić information content (AvgIpc) is 3.00. The third-order valence-electron chi connectivity index (χ3n) is 3.68. The zero-order chi connectivity index (χ0) is 15.0. The lowest BCUT2D eigenvalue weighted by Gasteiger charge is -2.09. The van der Waals surface area contributed by atoms with Gasteiger partial charge in [-0.15, -0.1) is 0 Å². The highest BCUT2D eigenvalue weighted by Crippen LogP contribution is 2.16. The van der Waals surface area contributed by atoms with Crippen molar-refractivity contribution in [3.63, 3.8) is 0 Å². The van der Waals surface area contributed by atoms with E-state index < -0.39 is 5.91 Å². The Labute approximate surface area is 120 Å². The molecule has 0 bridgehead atoms. The molecule has 0 spiro atoms. The highest BCUT2D eigenvalue weighted by molar-refractivity contribution is 5.94. The normalized spacial score (nSPS) is 14.0. The number of rotatable bonds is 3. The van der Waals surface area contributed by atoms with E-state index in [9.17, 15) is 9.59 Å². The molecule has 21 heavy (non-hydrogen) atoms. The van der Waals surface area contributed by atoms with Crippen molar-refractivity contribution in [3.8, 4) is 0 Å². The average molecular weight is 291 g/mol. The molecule has 0 fully saturated rings. The second kappa shape index (κ2) is 5.21. The lowest BCUT2D eigenvalue weighted by molar-refractivity contribution is 0.0952. The van der Waals surface area contributed by atoms with E-state index in [1.54, 1.807) is 17.6 Å². The van der Waals surface area contributed by atoms with Crippen molar-refractivity contribution >= 4 is 5.91 Å². The quantitative estimate of drug-likeness (QED) is 0.467. The summed E-state index contributed by atoms with van der Waals surface area (Å²) in [5, 5.41) is 4.33. The maximum Gasteiger partial charge on any atom is 0.346 e. The van der Waals surface area contributed by atoms with Crippen LogP contribution in [0.5, 0.6) is 0 Å². The third kappa shape index (κ3) is 2.38. The Bertz CT molecular complexity index is 740. The van der Waals surface area contributed by atoms with Crippen LogP contribution in [0.4, 0.5) is 0 Å². The number of nitrogens with two attached hydrogens (primary N) is 1. The van der Waals surface area contributed by atoms with Crippen molar-refractivity contribution in [2.75, 3.05) is 0 Å². The van der Waals surface area contributed by atoms with Gasteiger partial charge in [0, 0.05) is 13.0 Å². The second-order valence-electron chi connectivity index (χ2n) is 5.12. The number of hydrogen-bond donors (Lipinski definition) is 2. The highest BCUT2D eigenvalue weighted by atomic mass is 16.3. The third-order valence-corrected chi connectivity index (χ3v) is 3.68. The Balaban J connectivity index is 1.89. The smallest absolute Gasteiger partial charge is 0.346 e. The molecule has 0 atom stereocenters. The number of aryl methyl sites for hydroxylation is 2. The van der Waals surface area contributed by atoms with Crippen LogP contribution in [-0.2, 0) is 19.5 Å². The predicted molar refractivity (Wildman–Crippen MR) is 73.6 cm³/mol. The summed E-state index contributed by atoms with van der Waals surface area (Å²) in [5.41, 5.74) is 2.29. The molecule has 1 amide bonds. The van der Waals surface area contributed by atoms with Crippen LogP contribution in [-0.4, -0.2) is 20.3 Å². The minimum Gasteiger partial charge on any atom is -0.464 e. The summed E-state index contributed by atoms with van der Waals surface area (Å²) in [6.07, 6.45) is 2.87. The molecule has 2 aromatic heterocycles. The van der Waals surface area contributed by atoms with Crippen LogP contribution in [0.15, 0.2) is 15.3 Å². The summed E-state index contributed by atoms with van der Waals surface area (Å²) in [6, 6.07) is 1.59. The van der Waals surface area contributed by atoms with E-state index in [0.29, 0.717) is 23.6 Å². The van der Waals surface area contributed by atoms with Gasteiger partial charge in [0.1, 0.15) is 23.9 Å². The van der Waals surface area contributed by atoms with Gasteiger partial charge in [-0.25, -0.2) is 15.3 Å². The predicted octanol–water partition coefficient (Wildman–Crippen LogP) is -0.0657. The van der Waals surface area contributed by atoms with E-state index in [1.807, 2.05) is 0 Å². The van der Waals surface area contributed by atoms with Gasteiger partial charge in [0.2, 0.25) is 0 Å². The summed E-state index contributed by atoms with van der Waals surface area (Å²) in [4.78, 5) is 23.8. The molecular weight excluding hydrogens is 274 g/mol. The molecule has 1 aliphatic heterocycles. The van der Waals surface area contributed by atoms with Gasteiger partial charge in [0.05, 0.1) is 5.56 Å². The standard InChI is InChI=1S/C13H17N5O3/c1-8-10(12(19)15-14)6-9(21-8)7-18-13(20)17-5-3-2-4-11(17)16-18/h6H,2-5,7,14H2,1H3,(H,15,19). The van der Waals surface area contributed by atoms with Crippen molar-refractivity contribution in [1.29, 1.82) is 0 Å². The summed E-state index contributed by atoms with van der Waals surface area (Å²) < 4.78 is 8.58. The van der Waals surface area contributed by atoms with Crippen LogP contribution in [0.3, 0.4) is 0 Å².